The van der Waals surface area contributed by atoms with Crippen molar-refractivity contribution in [1.29, 1.82) is 0 Å². The van der Waals surface area contributed by atoms with E-state index in [0.29, 0.717) is 12.7 Å². The Labute approximate surface area is 72.1 Å². The van der Waals surface area contributed by atoms with E-state index in [1.165, 1.54) is 6.92 Å². The highest BCUT2D eigenvalue weighted by atomic mass is 16.6. The molecule has 0 rings (SSSR count). The van der Waals surface area contributed by atoms with E-state index in [9.17, 15) is 9.59 Å². The van der Waals surface area contributed by atoms with Crippen molar-refractivity contribution < 1.29 is 14.3 Å². The van der Waals surface area contributed by atoms with Crippen LogP contribution in [-0.4, -0.2) is 17.9 Å². The first-order valence-corrected chi connectivity index (χ1v) is 3.70. The average Bonchev–Trinajstić information content (AvgIpc) is 2.00. The second kappa shape index (κ2) is 4.55. The minimum atomic E-state index is -0.827. The molecule has 0 aromatic rings. The van der Waals surface area contributed by atoms with E-state index in [1.807, 2.05) is 6.92 Å². The van der Waals surface area contributed by atoms with E-state index in [1.54, 1.807) is 6.92 Å². The van der Waals surface area contributed by atoms with Gasteiger partial charge in [-0.05, 0) is 25.2 Å². The van der Waals surface area contributed by atoms with Crippen LogP contribution in [0.25, 0.3) is 0 Å². The maximum atomic E-state index is 10.6. The molecule has 0 radical (unpaired) electrons. The minimum absolute atomic E-state index is 0.389. The lowest BCUT2D eigenvalue weighted by Crippen LogP contribution is -2.28. The quantitative estimate of drug-likeness (QED) is 0.350. The number of carbonyl (C=O) groups is 2. The molecule has 0 spiro atoms. The van der Waals surface area contributed by atoms with Gasteiger partial charge < -0.3 is 4.74 Å². The number of hydrogen-bond acceptors (Lipinski definition) is 3. The summed E-state index contributed by atoms with van der Waals surface area (Å²) in [6.45, 7) is 4.82. The summed E-state index contributed by atoms with van der Waals surface area (Å²) in [6, 6.07) is 0. The van der Waals surface area contributed by atoms with Crippen LogP contribution in [0.2, 0.25) is 0 Å². The highest BCUT2D eigenvalue weighted by Gasteiger charge is 2.21. The Balaban J connectivity index is 4.43. The second-order valence-corrected chi connectivity index (χ2v) is 2.57. The third kappa shape index (κ3) is 3.77. The molecule has 0 fully saturated rings. The summed E-state index contributed by atoms with van der Waals surface area (Å²) in [5.41, 5.74) is -0.827. The van der Waals surface area contributed by atoms with E-state index in [-0.39, 0.29) is 5.97 Å². The molecule has 0 aliphatic carbocycles. The molecule has 0 aromatic heterocycles. The summed E-state index contributed by atoms with van der Waals surface area (Å²) in [6.07, 6.45) is 1.05. The van der Waals surface area contributed by atoms with Gasteiger partial charge in [0.25, 0.3) is 0 Å². The van der Waals surface area contributed by atoms with Gasteiger partial charge in [-0.1, -0.05) is 6.92 Å². The van der Waals surface area contributed by atoms with Gasteiger partial charge in [-0.3, -0.25) is 9.59 Å². The van der Waals surface area contributed by atoms with Gasteiger partial charge in [0.2, 0.25) is 0 Å². The number of hydrogen-bond donors (Lipinski definition) is 0. The molecule has 12 heavy (non-hydrogen) atoms. The first kappa shape index (κ1) is 10.7. The zero-order valence-electron chi connectivity index (χ0n) is 7.51. The fraction of sp³-hybridized carbons (Fsp3) is 0.556. The Bertz CT molecular complexity index is 234. The Morgan fingerprint density at radius 1 is 1.67 bits per heavy atom. The lowest BCUT2D eigenvalue weighted by atomic mass is 10.0. The van der Waals surface area contributed by atoms with Crippen LogP contribution < -0.4 is 0 Å². The number of carbonyl (C=O) groups excluding carboxylic acids is 2. The van der Waals surface area contributed by atoms with Crippen LogP contribution in [0.4, 0.5) is 0 Å². The Kier molecular flexibility index (Phi) is 4.06. The third-order valence-corrected chi connectivity index (χ3v) is 1.44. The van der Waals surface area contributed by atoms with Crippen LogP contribution in [0.3, 0.4) is 0 Å². The summed E-state index contributed by atoms with van der Waals surface area (Å²) < 4.78 is 4.92. The third-order valence-electron chi connectivity index (χ3n) is 1.44. The van der Waals surface area contributed by atoms with Crippen LogP contribution in [0, 0.1) is 11.8 Å². The highest BCUT2D eigenvalue weighted by molar-refractivity contribution is 5.73. The molecule has 0 saturated carbocycles. The summed E-state index contributed by atoms with van der Waals surface area (Å²) in [5.74, 6) is 4.41. The molecule has 0 aliphatic rings. The molecule has 66 valence electrons. The molecule has 0 aliphatic heterocycles. The minimum Gasteiger partial charge on any atom is -0.446 e. The lowest BCUT2D eigenvalue weighted by molar-refractivity contribution is -0.150. The van der Waals surface area contributed by atoms with Crippen molar-refractivity contribution >= 4 is 12.3 Å². The molecular formula is C9H12O3. The highest BCUT2D eigenvalue weighted by Crippen LogP contribution is 2.13. The first-order valence-electron chi connectivity index (χ1n) is 3.70. The monoisotopic (exact) mass is 168 g/mol. The molecule has 0 amide bonds. The van der Waals surface area contributed by atoms with Gasteiger partial charge >= 0.3 is 5.97 Å². The van der Waals surface area contributed by atoms with Crippen molar-refractivity contribution in [3.05, 3.63) is 0 Å². The standard InChI is InChI=1S/C9H12O3/c1-4-9(3,6-5-7-10)12-8(2)11/h7H,4H2,1-3H3. The maximum absolute atomic E-state index is 10.6. The van der Waals surface area contributed by atoms with Gasteiger partial charge in [0.1, 0.15) is 0 Å². The number of esters is 1. The van der Waals surface area contributed by atoms with Crippen LogP contribution in [0.5, 0.6) is 0 Å². The lowest BCUT2D eigenvalue weighted by Gasteiger charge is -2.20. The molecule has 1 atom stereocenters. The first-order chi connectivity index (χ1) is 5.54. The van der Waals surface area contributed by atoms with Gasteiger partial charge in [-0.15, -0.1) is 0 Å². The smallest absolute Gasteiger partial charge is 0.304 e. The van der Waals surface area contributed by atoms with E-state index in [4.69, 9.17) is 4.74 Å². The maximum Gasteiger partial charge on any atom is 0.304 e. The zero-order chi connectivity index (χ0) is 9.61. The molecule has 0 heterocycles. The van der Waals surface area contributed by atoms with E-state index < -0.39 is 5.60 Å². The van der Waals surface area contributed by atoms with Crippen molar-refractivity contribution in [1.82, 2.24) is 0 Å². The fourth-order valence-electron chi connectivity index (χ4n) is 0.685. The summed E-state index contributed by atoms with van der Waals surface area (Å²) >= 11 is 0. The predicted molar refractivity (Wildman–Crippen MR) is 44.3 cm³/mol. The summed E-state index contributed by atoms with van der Waals surface area (Å²) in [5, 5.41) is 0. The van der Waals surface area contributed by atoms with E-state index in [0.717, 1.165) is 0 Å². The fourth-order valence-corrected chi connectivity index (χ4v) is 0.685. The van der Waals surface area contributed by atoms with E-state index in [2.05, 4.69) is 11.8 Å². The second-order valence-electron chi connectivity index (χ2n) is 2.57. The largest absolute Gasteiger partial charge is 0.446 e. The van der Waals surface area contributed by atoms with Crippen LogP contribution >= 0.6 is 0 Å². The number of rotatable bonds is 2. The van der Waals surface area contributed by atoms with Gasteiger partial charge in [0, 0.05) is 6.92 Å². The Morgan fingerprint density at radius 3 is 2.58 bits per heavy atom. The van der Waals surface area contributed by atoms with Gasteiger partial charge in [0.05, 0.1) is 0 Å². The van der Waals surface area contributed by atoms with Gasteiger partial charge in [-0.2, -0.15) is 0 Å². The molecule has 3 nitrogen and oxygen atoms in total. The normalized spacial score (nSPS) is 13.6. The zero-order valence-corrected chi connectivity index (χ0v) is 7.51. The molecule has 0 N–H and O–H groups in total. The SMILES string of the molecule is CCC(C)(C#CC=O)OC(C)=O. The molecule has 3 heteroatoms. The Morgan fingerprint density at radius 2 is 2.25 bits per heavy atom. The summed E-state index contributed by atoms with van der Waals surface area (Å²) in [7, 11) is 0. The average molecular weight is 168 g/mol. The summed E-state index contributed by atoms with van der Waals surface area (Å²) in [4.78, 5) is 20.5. The molecule has 0 aromatic carbocycles. The topological polar surface area (TPSA) is 43.4 Å². The van der Waals surface area contributed by atoms with Gasteiger partial charge in [0.15, 0.2) is 11.9 Å². The molecule has 0 saturated heterocycles. The van der Waals surface area contributed by atoms with Crippen molar-refractivity contribution in [3.63, 3.8) is 0 Å². The number of ether oxygens (including phenoxy) is 1. The van der Waals surface area contributed by atoms with Crippen LogP contribution in [-0.2, 0) is 14.3 Å². The van der Waals surface area contributed by atoms with Crippen molar-refractivity contribution in [2.75, 3.05) is 0 Å². The van der Waals surface area contributed by atoms with Crippen LogP contribution in [0.15, 0.2) is 0 Å². The molecule has 0 bridgehead atoms. The molecular weight excluding hydrogens is 156 g/mol. The van der Waals surface area contributed by atoms with Crippen molar-refractivity contribution in [2.24, 2.45) is 0 Å². The number of aldehydes is 1. The molecule has 1 unspecified atom stereocenters. The van der Waals surface area contributed by atoms with Gasteiger partial charge in [-0.25, -0.2) is 0 Å². The van der Waals surface area contributed by atoms with E-state index >= 15 is 0 Å². The van der Waals surface area contributed by atoms with Crippen LogP contribution in [0.1, 0.15) is 27.2 Å². The Hall–Kier alpha value is -1.30. The predicted octanol–water partition coefficient (Wildman–Crippen LogP) is 0.921. The van der Waals surface area contributed by atoms with Crippen molar-refractivity contribution in [2.45, 2.75) is 32.8 Å². The van der Waals surface area contributed by atoms with Crippen molar-refractivity contribution in [3.8, 4) is 11.8 Å².